The highest BCUT2D eigenvalue weighted by Gasteiger charge is 2.11. The molecule has 0 fully saturated rings. The first kappa shape index (κ1) is 19.2. The molecule has 0 saturated carbocycles. The first-order valence-corrected chi connectivity index (χ1v) is 8.25. The van der Waals surface area contributed by atoms with Crippen LogP contribution in [0.3, 0.4) is 0 Å². The van der Waals surface area contributed by atoms with E-state index in [9.17, 15) is 14.9 Å². The van der Waals surface area contributed by atoms with E-state index in [0.717, 1.165) is 0 Å². The van der Waals surface area contributed by atoms with Crippen molar-refractivity contribution < 1.29 is 14.5 Å². The van der Waals surface area contributed by atoms with Crippen LogP contribution in [0.1, 0.15) is 5.56 Å². The van der Waals surface area contributed by atoms with Crippen molar-refractivity contribution >= 4 is 56.9 Å². The van der Waals surface area contributed by atoms with E-state index in [1.165, 1.54) is 24.4 Å². The van der Waals surface area contributed by atoms with Crippen LogP contribution in [0.5, 0.6) is 5.75 Å². The molecule has 0 atom stereocenters. The van der Waals surface area contributed by atoms with Crippen molar-refractivity contribution in [2.24, 2.45) is 5.10 Å². The van der Waals surface area contributed by atoms with Crippen LogP contribution in [-0.4, -0.2) is 23.7 Å². The highest BCUT2D eigenvalue weighted by Crippen LogP contribution is 2.27. The van der Waals surface area contributed by atoms with Gasteiger partial charge in [-0.2, -0.15) is 5.10 Å². The summed E-state index contributed by atoms with van der Waals surface area (Å²) in [4.78, 5) is 22.0. The number of ether oxygens (including phenoxy) is 1. The number of amides is 1. The fourth-order valence-electron chi connectivity index (χ4n) is 1.70. The molecular formula is C15H10BrCl2N3O4. The second-order valence-corrected chi connectivity index (χ2v) is 6.32. The van der Waals surface area contributed by atoms with Gasteiger partial charge in [-0.05, 0) is 40.2 Å². The van der Waals surface area contributed by atoms with Crippen LogP contribution in [-0.2, 0) is 4.79 Å². The Kier molecular flexibility index (Phi) is 6.74. The van der Waals surface area contributed by atoms with Crippen LogP contribution >= 0.6 is 39.1 Å². The lowest BCUT2D eigenvalue weighted by atomic mass is 10.2. The summed E-state index contributed by atoms with van der Waals surface area (Å²) in [6.07, 6.45) is 1.28. The lowest BCUT2D eigenvalue weighted by Crippen LogP contribution is -2.24. The molecule has 0 bridgehead atoms. The number of hydrogen-bond donors (Lipinski definition) is 1. The summed E-state index contributed by atoms with van der Waals surface area (Å²) < 4.78 is 5.60. The third-order valence-electron chi connectivity index (χ3n) is 2.82. The predicted octanol–water partition coefficient (Wildman–Crippen LogP) is 4.19. The standard InChI is InChI=1S/C15H10BrCl2N3O4/c16-11-3-1-9(5-13(11)21(23)24)7-19-20-15(22)8-25-14-4-2-10(17)6-12(14)18/h1-7H,8H2,(H,20,22). The van der Waals surface area contributed by atoms with Gasteiger partial charge in [0.05, 0.1) is 20.6 Å². The number of benzene rings is 2. The van der Waals surface area contributed by atoms with Crippen molar-refractivity contribution in [1.29, 1.82) is 0 Å². The Labute approximate surface area is 160 Å². The number of rotatable bonds is 6. The summed E-state index contributed by atoms with van der Waals surface area (Å²) in [5.41, 5.74) is 2.60. The molecule has 2 rings (SSSR count). The molecule has 25 heavy (non-hydrogen) atoms. The lowest BCUT2D eigenvalue weighted by molar-refractivity contribution is -0.385. The molecule has 0 heterocycles. The fraction of sp³-hybridized carbons (Fsp3) is 0.0667. The molecule has 0 radical (unpaired) electrons. The largest absolute Gasteiger partial charge is 0.482 e. The molecule has 2 aromatic rings. The molecule has 0 aliphatic carbocycles. The number of halogens is 3. The fourth-order valence-corrected chi connectivity index (χ4v) is 2.55. The van der Waals surface area contributed by atoms with Crippen molar-refractivity contribution in [3.8, 4) is 5.75 Å². The third kappa shape index (κ3) is 5.70. The molecular weight excluding hydrogens is 437 g/mol. The van der Waals surface area contributed by atoms with E-state index in [1.54, 1.807) is 18.2 Å². The van der Waals surface area contributed by atoms with Crippen molar-refractivity contribution in [2.45, 2.75) is 0 Å². The number of carbonyl (C=O) groups excluding carboxylic acids is 1. The summed E-state index contributed by atoms with van der Waals surface area (Å²) in [5, 5.41) is 15.3. The highest BCUT2D eigenvalue weighted by molar-refractivity contribution is 9.10. The number of nitrogens with one attached hydrogen (secondary N) is 1. The van der Waals surface area contributed by atoms with Crippen LogP contribution < -0.4 is 10.2 Å². The zero-order chi connectivity index (χ0) is 18.4. The van der Waals surface area contributed by atoms with Gasteiger partial charge in [0.15, 0.2) is 6.61 Å². The minimum Gasteiger partial charge on any atom is -0.482 e. The molecule has 0 aliphatic rings. The maximum atomic E-state index is 11.7. The molecule has 0 aliphatic heterocycles. The first-order chi connectivity index (χ1) is 11.9. The van der Waals surface area contributed by atoms with Crippen molar-refractivity contribution in [2.75, 3.05) is 6.61 Å². The van der Waals surface area contributed by atoms with Gasteiger partial charge in [-0.15, -0.1) is 0 Å². The van der Waals surface area contributed by atoms with Gasteiger partial charge in [-0.25, -0.2) is 5.43 Å². The maximum absolute atomic E-state index is 11.7. The minimum absolute atomic E-state index is 0.101. The van der Waals surface area contributed by atoms with Crippen LogP contribution in [0.25, 0.3) is 0 Å². The summed E-state index contributed by atoms with van der Waals surface area (Å²) in [7, 11) is 0. The number of nitrogens with zero attached hydrogens (tertiary/aromatic N) is 2. The number of hydrazone groups is 1. The van der Waals surface area contributed by atoms with E-state index < -0.39 is 10.8 Å². The Morgan fingerprint density at radius 2 is 2.08 bits per heavy atom. The van der Waals surface area contributed by atoms with E-state index in [4.69, 9.17) is 27.9 Å². The van der Waals surface area contributed by atoms with Gasteiger partial charge in [0, 0.05) is 16.7 Å². The van der Waals surface area contributed by atoms with E-state index in [1.807, 2.05) is 0 Å². The average Bonchev–Trinajstić information content (AvgIpc) is 2.55. The highest BCUT2D eigenvalue weighted by atomic mass is 79.9. The first-order valence-electron chi connectivity index (χ1n) is 6.70. The van der Waals surface area contributed by atoms with Crippen LogP contribution in [0.4, 0.5) is 5.69 Å². The molecule has 10 heteroatoms. The zero-order valence-electron chi connectivity index (χ0n) is 12.4. The van der Waals surface area contributed by atoms with Gasteiger partial charge in [0.1, 0.15) is 5.75 Å². The summed E-state index contributed by atoms with van der Waals surface area (Å²) in [6.45, 7) is -0.306. The number of nitro benzene ring substituents is 1. The maximum Gasteiger partial charge on any atom is 0.284 e. The number of hydrogen-bond acceptors (Lipinski definition) is 5. The Bertz CT molecular complexity index is 846. The molecule has 1 amide bonds. The smallest absolute Gasteiger partial charge is 0.284 e. The molecule has 0 saturated heterocycles. The quantitative estimate of drug-likeness (QED) is 0.408. The Morgan fingerprint density at radius 1 is 1.32 bits per heavy atom. The molecule has 7 nitrogen and oxygen atoms in total. The molecule has 0 aromatic heterocycles. The van der Waals surface area contributed by atoms with E-state index in [-0.39, 0.29) is 17.3 Å². The number of nitro groups is 1. The Hall–Kier alpha value is -2.16. The molecule has 0 spiro atoms. The molecule has 2 aromatic carbocycles. The lowest BCUT2D eigenvalue weighted by Gasteiger charge is -2.07. The van der Waals surface area contributed by atoms with E-state index >= 15 is 0 Å². The second kappa shape index (κ2) is 8.80. The third-order valence-corrected chi connectivity index (χ3v) is 4.02. The predicted molar refractivity (Wildman–Crippen MR) is 98.5 cm³/mol. The monoisotopic (exact) mass is 445 g/mol. The van der Waals surface area contributed by atoms with Gasteiger partial charge in [-0.1, -0.05) is 29.3 Å². The average molecular weight is 447 g/mol. The molecule has 130 valence electrons. The minimum atomic E-state index is -0.524. The summed E-state index contributed by atoms with van der Waals surface area (Å²) in [6, 6.07) is 9.07. The SMILES string of the molecule is O=C(COc1ccc(Cl)cc1Cl)NN=Cc1ccc(Br)c([N+](=O)[O-])c1. The van der Waals surface area contributed by atoms with Gasteiger partial charge < -0.3 is 4.74 Å². The van der Waals surface area contributed by atoms with Crippen LogP contribution in [0.2, 0.25) is 10.0 Å². The van der Waals surface area contributed by atoms with Crippen molar-refractivity contribution in [3.63, 3.8) is 0 Å². The van der Waals surface area contributed by atoms with E-state index in [0.29, 0.717) is 20.8 Å². The normalized spacial score (nSPS) is 10.7. The Morgan fingerprint density at radius 3 is 2.76 bits per heavy atom. The second-order valence-electron chi connectivity index (χ2n) is 4.62. The summed E-state index contributed by atoms with van der Waals surface area (Å²) in [5.74, 6) is -0.206. The van der Waals surface area contributed by atoms with Gasteiger partial charge in [0.2, 0.25) is 0 Å². The topological polar surface area (TPSA) is 93.8 Å². The molecule has 0 unspecified atom stereocenters. The zero-order valence-corrected chi connectivity index (χ0v) is 15.5. The van der Waals surface area contributed by atoms with E-state index in [2.05, 4.69) is 26.5 Å². The summed E-state index contributed by atoms with van der Waals surface area (Å²) >= 11 is 14.8. The Balaban J connectivity index is 1.90. The van der Waals surface area contributed by atoms with Crippen LogP contribution in [0, 0.1) is 10.1 Å². The van der Waals surface area contributed by atoms with Gasteiger partial charge in [0.25, 0.3) is 11.6 Å². The number of carbonyl (C=O) groups is 1. The van der Waals surface area contributed by atoms with Crippen molar-refractivity contribution in [3.05, 3.63) is 66.6 Å². The van der Waals surface area contributed by atoms with Gasteiger partial charge >= 0.3 is 0 Å². The van der Waals surface area contributed by atoms with Crippen LogP contribution in [0.15, 0.2) is 46.0 Å². The van der Waals surface area contributed by atoms with Gasteiger partial charge in [-0.3, -0.25) is 14.9 Å². The molecule has 1 N–H and O–H groups in total. The van der Waals surface area contributed by atoms with Crippen molar-refractivity contribution in [1.82, 2.24) is 5.43 Å².